The fraction of sp³-hybridized carbons (Fsp3) is 0.571. The minimum atomic E-state index is 0.549. The maximum absolute atomic E-state index is 6.02. The number of hydrogen-bond acceptors (Lipinski definition) is 2. The van der Waals surface area contributed by atoms with Crippen LogP contribution in [0.1, 0.15) is 18.4 Å². The number of anilines is 1. The summed E-state index contributed by atoms with van der Waals surface area (Å²) in [7, 11) is 2.15. The molecular weight excluding hydrogens is 314 g/mol. The maximum atomic E-state index is 6.02. The first-order valence-corrected chi connectivity index (χ1v) is 7.66. The van der Waals surface area contributed by atoms with E-state index in [-0.39, 0.29) is 0 Å². The fourth-order valence-corrected chi connectivity index (χ4v) is 3.07. The predicted octanol–water partition coefficient (Wildman–Crippen LogP) is 4.05. The van der Waals surface area contributed by atoms with Gasteiger partial charge in [-0.2, -0.15) is 0 Å². The molecule has 2 rings (SSSR count). The zero-order valence-electron chi connectivity index (χ0n) is 10.7. The van der Waals surface area contributed by atoms with Crippen molar-refractivity contribution in [2.75, 3.05) is 31.7 Å². The summed E-state index contributed by atoms with van der Waals surface area (Å²) < 4.78 is 6.49. The lowest BCUT2D eigenvalue weighted by molar-refractivity contribution is 0.0685. The second-order valence-electron chi connectivity index (χ2n) is 4.84. The SMILES string of the molecule is CN(CC1CCOCC1)c1ccc(Br)cc1CCl. The Kier molecular flexibility index (Phi) is 5.34. The highest BCUT2D eigenvalue weighted by Gasteiger charge is 2.17. The summed E-state index contributed by atoms with van der Waals surface area (Å²) in [5.74, 6) is 1.28. The van der Waals surface area contributed by atoms with Crippen LogP contribution in [0.15, 0.2) is 22.7 Å². The Morgan fingerprint density at radius 3 is 2.78 bits per heavy atom. The van der Waals surface area contributed by atoms with Gasteiger partial charge in [-0.25, -0.2) is 0 Å². The lowest BCUT2D eigenvalue weighted by Gasteiger charge is -2.29. The second-order valence-corrected chi connectivity index (χ2v) is 6.03. The minimum absolute atomic E-state index is 0.549. The molecule has 1 fully saturated rings. The van der Waals surface area contributed by atoms with Crippen molar-refractivity contribution in [2.24, 2.45) is 5.92 Å². The molecule has 0 radical (unpaired) electrons. The van der Waals surface area contributed by atoms with Crippen molar-refractivity contribution in [3.63, 3.8) is 0 Å². The summed E-state index contributed by atoms with van der Waals surface area (Å²) in [5, 5.41) is 0. The molecule has 18 heavy (non-hydrogen) atoms. The van der Waals surface area contributed by atoms with E-state index in [1.54, 1.807) is 0 Å². The van der Waals surface area contributed by atoms with Crippen molar-refractivity contribution in [3.8, 4) is 0 Å². The van der Waals surface area contributed by atoms with E-state index in [9.17, 15) is 0 Å². The van der Waals surface area contributed by atoms with Crippen LogP contribution in [0.3, 0.4) is 0 Å². The molecule has 1 saturated heterocycles. The highest BCUT2D eigenvalue weighted by Crippen LogP contribution is 2.27. The fourth-order valence-electron chi connectivity index (χ4n) is 2.45. The Labute approximate surface area is 122 Å². The smallest absolute Gasteiger partial charge is 0.0494 e. The summed E-state index contributed by atoms with van der Waals surface area (Å²) >= 11 is 9.51. The molecule has 1 aromatic rings. The number of halogens is 2. The van der Waals surface area contributed by atoms with Crippen molar-refractivity contribution < 1.29 is 4.74 Å². The van der Waals surface area contributed by atoms with E-state index in [2.05, 4.69) is 46.1 Å². The van der Waals surface area contributed by atoms with Gasteiger partial charge in [0.05, 0.1) is 0 Å². The second kappa shape index (κ2) is 6.78. The van der Waals surface area contributed by atoms with Gasteiger partial charge in [0.1, 0.15) is 0 Å². The molecule has 1 aliphatic heterocycles. The average Bonchev–Trinajstić information content (AvgIpc) is 2.39. The number of rotatable bonds is 4. The topological polar surface area (TPSA) is 12.5 Å². The lowest BCUT2D eigenvalue weighted by Crippen LogP contribution is -2.30. The Morgan fingerprint density at radius 2 is 2.11 bits per heavy atom. The van der Waals surface area contributed by atoms with Crippen LogP contribution in [0.4, 0.5) is 5.69 Å². The first-order chi connectivity index (χ1) is 8.70. The molecule has 0 N–H and O–H groups in total. The predicted molar refractivity (Wildman–Crippen MR) is 80.5 cm³/mol. The van der Waals surface area contributed by atoms with Crippen molar-refractivity contribution in [1.82, 2.24) is 0 Å². The monoisotopic (exact) mass is 331 g/mol. The van der Waals surface area contributed by atoms with E-state index in [1.807, 2.05) is 0 Å². The molecule has 0 amide bonds. The van der Waals surface area contributed by atoms with E-state index in [0.717, 1.165) is 43.0 Å². The van der Waals surface area contributed by atoms with Crippen LogP contribution in [0.5, 0.6) is 0 Å². The average molecular weight is 333 g/mol. The Bertz CT molecular complexity index is 393. The Hall–Kier alpha value is -0.250. The molecule has 0 saturated carbocycles. The number of hydrogen-bond donors (Lipinski definition) is 0. The van der Waals surface area contributed by atoms with E-state index in [0.29, 0.717) is 5.88 Å². The molecule has 4 heteroatoms. The van der Waals surface area contributed by atoms with Crippen molar-refractivity contribution >= 4 is 33.2 Å². The molecule has 0 spiro atoms. The van der Waals surface area contributed by atoms with Gasteiger partial charge in [0, 0.05) is 42.8 Å². The Balaban J connectivity index is 2.05. The lowest BCUT2D eigenvalue weighted by atomic mass is 9.99. The number of ether oxygens (including phenoxy) is 1. The van der Waals surface area contributed by atoms with Gasteiger partial charge in [-0.3, -0.25) is 0 Å². The standard InChI is InChI=1S/C14H19BrClNO/c1-17(10-11-4-6-18-7-5-11)14-3-2-13(15)8-12(14)9-16/h2-3,8,11H,4-7,9-10H2,1H3. The van der Waals surface area contributed by atoms with Gasteiger partial charge >= 0.3 is 0 Å². The van der Waals surface area contributed by atoms with E-state index in [4.69, 9.17) is 16.3 Å². The van der Waals surface area contributed by atoms with E-state index in [1.165, 1.54) is 11.3 Å². The minimum Gasteiger partial charge on any atom is -0.381 e. The molecule has 100 valence electrons. The van der Waals surface area contributed by atoms with Gasteiger partial charge in [-0.1, -0.05) is 15.9 Å². The largest absolute Gasteiger partial charge is 0.381 e. The first kappa shape index (κ1) is 14.2. The maximum Gasteiger partial charge on any atom is 0.0494 e. The summed E-state index contributed by atoms with van der Waals surface area (Å²) in [6.07, 6.45) is 2.33. The molecule has 0 aliphatic carbocycles. The van der Waals surface area contributed by atoms with Crippen LogP contribution in [-0.4, -0.2) is 26.8 Å². The number of nitrogens with zero attached hydrogens (tertiary/aromatic N) is 1. The molecule has 1 aromatic carbocycles. The highest BCUT2D eigenvalue weighted by molar-refractivity contribution is 9.10. The molecule has 0 atom stereocenters. The van der Waals surface area contributed by atoms with Crippen LogP contribution in [0.25, 0.3) is 0 Å². The first-order valence-electron chi connectivity index (χ1n) is 6.34. The molecule has 1 aliphatic rings. The molecule has 0 aromatic heterocycles. The molecule has 0 bridgehead atoms. The van der Waals surface area contributed by atoms with Crippen molar-refractivity contribution in [1.29, 1.82) is 0 Å². The third kappa shape index (κ3) is 3.62. The Morgan fingerprint density at radius 1 is 1.39 bits per heavy atom. The normalized spacial score (nSPS) is 16.8. The van der Waals surface area contributed by atoms with Gasteiger partial charge in [0.15, 0.2) is 0 Å². The van der Waals surface area contributed by atoms with Gasteiger partial charge < -0.3 is 9.64 Å². The van der Waals surface area contributed by atoms with Crippen LogP contribution in [0, 0.1) is 5.92 Å². The van der Waals surface area contributed by atoms with Gasteiger partial charge in [-0.15, -0.1) is 11.6 Å². The highest BCUT2D eigenvalue weighted by atomic mass is 79.9. The number of alkyl halides is 1. The molecule has 1 heterocycles. The van der Waals surface area contributed by atoms with Gasteiger partial charge in [-0.05, 0) is 42.5 Å². The van der Waals surface area contributed by atoms with E-state index < -0.39 is 0 Å². The third-order valence-corrected chi connectivity index (χ3v) is 4.25. The zero-order valence-corrected chi connectivity index (χ0v) is 13.0. The van der Waals surface area contributed by atoms with Crippen LogP contribution in [0.2, 0.25) is 0 Å². The number of benzene rings is 1. The molecule has 0 unspecified atom stereocenters. The van der Waals surface area contributed by atoms with Crippen LogP contribution < -0.4 is 4.90 Å². The summed E-state index contributed by atoms with van der Waals surface area (Å²) in [6.45, 7) is 2.89. The summed E-state index contributed by atoms with van der Waals surface area (Å²) in [6, 6.07) is 6.32. The van der Waals surface area contributed by atoms with Crippen LogP contribution in [-0.2, 0) is 10.6 Å². The molecule has 2 nitrogen and oxygen atoms in total. The van der Waals surface area contributed by atoms with Crippen molar-refractivity contribution in [2.45, 2.75) is 18.7 Å². The van der Waals surface area contributed by atoms with Crippen molar-refractivity contribution in [3.05, 3.63) is 28.2 Å². The quantitative estimate of drug-likeness (QED) is 0.771. The third-order valence-electron chi connectivity index (χ3n) is 3.47. The molecular formula is C14H19BrClNO. The van der Waals surface area contributed by atoms with E-state index >= 15 is 0 Å². The zero-order chi connectivity index (χ0) is 13.0. The van der Waals surface area contributed by atoms with Gasteiger partial charge in [0.25, 0.3) is 0 Å². The van der Waals surface area contributed by atoms with Gasteiger partial charge in [0.2, 0.25) is 0 Å². The summed E-state index contributed by atoms with van der Waals surface area (Å²) in [4.78, 5) is 2.32. The summed E-state index contributed by atoms with van der Waals surface area (Å²) in [5.41, 5.74) is 2.42. The van der Waals surface area contributed by atoms with Crippen LogP contribution >= 0.6 is 27.5 Å².